The van der Waals surface area contributed by atoms with Crippen LogP contribution in [0.5, 0.6) is 0 Å². The van der Waals surface area contributed by atoms with Gasteiger partial charge >= 0.3 is 0 Å². The van der Waals surface area contributed by atoms with Crippen molar-refractivity contribution in [2.24, 2.45) is 5.73 Å². The van der Waals surface area contributed by atoms with Crippen LogP contribution < -0.4 is 5.73 Å². The van der Waals surface area contributed by atoms with Gasteiger partial charge in [0.15, 0.2) is 0 Å². The number of benzene rings is 1. The quantitative estimate of drug-likeness (QED) is 0.870. The summed E-state index contributed by atoms with van der Waals surface area (Å²) in [5.41, 5.74) is 7.28. The molecule has 0 unspecified atom stereocenters. The van der Waals surface area contributed by atoms with Crippen molar-refractivity contribution in [2.45, 2.75) is 62.9 Å². The predicted molar refractivity (Wildman–Crippen MR) is 85.5 cm³/mol. The Morgan fingerprint density at radius 2 is 1.81 bits per heavy atom. The third-order valence-corrected chi connectivity index (χ3v) is 6.54. The molecule has 0 aromatic heterocycles. The Balaban J connectivity index is 2.31. The number of nitrogens with two attached hydrogens (primary N) is 1. The van der Waals surface area contributed by atoms with Gasteiger partial charge in [-0.05, 0) is 37.0 Å². The van der Waals surface area contributed by atoms with E-state index in [1.807, 2.05) is 19.1 Å². The number of rotatable bonds is 4. The van der Waals surface area contributed by atoms with Crippen molar-refractivity contribution in [2.75, 3.05) is 7.05 Å². The highest BCUT2D eigenvalue weighted by Crippen LogP contribution is 2.27. The zero-order valence-corrected chi connectivity index (χ0v) is 13.8. The van der Waals surface area contributed by atoms with Crippen LogP contribution in [0.25, 0.3) is 0 Å². The maximum absolute atomic E-state index is 12.9. The molecule has 1 aliphatic rings. The molecule has 4 nitrogen and oxygen atoms in total. The third kappa shape index (κ3) is 3.65. The first-order valence-electron chi connectivity index (χ1n) is 7.74. The summed E-state index contributed by atoms with van der Waals surface area (Å²) in [7, 11) is -1.72. The highest BCUT2D eigenvalue weighted by Gasteiger charge is 2.29. The van der Waals surface area contributed by atoms with Crippen molar-refractivity contribution in [1.82, 2.24) is 4.31 Å². The van der Waals surface area contributed by atoms with E-state index in [0.29, 0.717) is 11.4 Å². The molecule has 0 atom stereocenters. The second-order valence-electron chi connectivity index (χ2n) is 5.97. The van der Waals surface area contributed by atoms with Crippen molar-refractivity contribution < 1.29 is 8.42 Å². The molecule has 0 saturated heterocycles. The minimum Gasteiger partial charge on any atom is -0.326 e. The molecule has 2 rings (SSSR count). The Hall–Kier alpha value is -0.910. The molecule has 1 fully saturated rings. The van der Waals surface area contributed by atoms with Crippen LogP contribution in [0.4, 0.5) is 0 Å². The highest BCUT2D eigenvalue weighted by molar-refractivity contribution is 7.89. The summed E-state index contributed by atoms with van der Waals surface area (Å²) in [6.07, 6.45) is 6.59. The molecule has 2 N–H and O–H groups in total. The summed E-state index contributed by atoms with van der Waals surface area (Å²) in [4.78, 5) is 0.400. The van der Waals surface area contributed by atoms with E-state index < -0.39 is 10.0 Å². The van der Waals surface area contributed by atoms with Crippen molar-refractivity contribution in [3.8, 4) is 0 Å². The number of aryl methyl sites for hydroxylation is 1. The largest absolute Gasteiger partial charge is 0.326 e. The topological polar surface area (TPSA) is 63.4 Å². The second-order valence-corrected chi connectivity index (χ2v) is 7.94. The van der Waals surface area contributed by atoms with Crippen LogP contribution in [0, 0.1) is 6.92 Å². The number of nitrogens with zero attached hydrogens (tertiary/aromatic N) is 1. The van der Waals surface area contributed by atoms with Gasteiger partial charge in [-0.3, -0.25) is 0 Å². The highest BCUT2D eigenvalue weighted by atomic mass is 32.2. The minimum absolute atomic E-state index is 0.124. The molecule has 1 aromatic carbocycles. The molecule has 118 valence electrons. The Morgan fingerprint density at radius 3 is 2.38 bits per heavy atom. The zero-order chi connectivity index (χ0) is 15.5. The normalized spacial score (nSPS) is 17.9. The predicted octanol–water partition coefficient (Wildman–Crippen LogP) is 2.80. The van der Waals surface area contributed by atoms with Gasteiger partial charge < -0.3 is 5.73 Å². The van der Waals surface area contributed by atoms with Crippen LogP contribution in [0.3, 0.4) is 0 Å². The average Bonchev–Trinajstić information content (AvgIpc) is 2.75. The molecule has 1 aromatic rings. The SMILES string of the molecule is Cc1ccc(CN)cc1S(=O)(=O)N(C)C1CCCCCC1. The lowest BCUT2D eigenvalue weighted by molar-refractivity contribution is 0.335. The Labute approximate surface area is 128 Å². The van der Waals surface area contributed by atoms with E-state index >= 15 is 0 Å². The van der Waals surface area contributed by atoms with Crippen molar-refractivity contribution >= 4 is 10.0 Å². The van der Waals surface area contributed by atoms with E-state index in [-0.39, 0.29) is 6.04 Å². The van der Waals surface area contributed by atoms with Gasteiger partial charge in [0, 0.05) is 19.6 Å². The van der Waals surface area contributed by atoms with Crippen LogP contribution in [0.15, 0.2) is 23.1 Å². The van der Waals surface area contributed by atoms with E-state index in [1.54, 1.807) is 17.4 Å². The molecule has 5 heteroatoms. The van der Waals surface area contributed by atoms with Gasteiger partial charge in [-0.1, -0.05) is 37.8 Å². The average molecular weight is 310 g/mol. The summed E-state index contributed by atoms with van der Waals surface area (Å²) in [6, 6.07) is 5.58. The number of hydrogen-bond acceptors (Lipinski definition) is 3. The number of hydrogen-bond donors (Lipinski definition) is 1. The smallest absolute Gasteiger partial charge is 0.243 e. The fourth-order valence-electron chi connectivity index (χ4n) is 3.02. The fourth-order valence-corrected chi connectivity index (χ4v) is 4.71. The van der Waals surface area contributed by atoms with Crippen LogP contribution in [0.1, 0.15) is 49.7 Å². The lowest BCUT2D eigenvalue weighted by Crippen LogP contribution is -2.37. The first kappa shape index (κ1) is 16.5. The lowest BCUT2D eigenvalue weighted by Gasteiger charge is -2.27. The van der Waals surface area contributed by atoms with Gasteiger partial charge in [-0.25, -0.2) is 8.42 Å². The maximum atomic E-state index is 12.9. The maximum Gasteiger partial charge on any atom is 0.243 e. The summed E-state index contributed by atoms with van der Waals surface area (Å²) in [6.45, 7) is 2.20. The lowest BCUT2D eigenvalue weighted by atomic mass is 10.1. The Kier molecular flexibility index (Phi) is 5.41. The van der Waals surface area contributed by atoms with E-state index in [2.05, 4.69) is 0 Å². The van der Waals surface area contributed by atoms with Gasteiger partial charge in [0.2, 0.25) is 10.0 Å². The van der Waals surface area contributed by atoms with Crippen LogP contribution >= 0.6 is 0 Å². The molecule has 0 bridgehead atoms. The molecular formula is C16H26N2O2S. The van der Waals surface area contributed by atoms with Gasteiger partial charge in [0.25, 0.3) is 0 Å². The Bertz CT molecular complexity index is 576. The molecule has 0 heterocycles. The molecule has 1 saturated carbocycles. The first-order valence-corrected chi connectivity index (χ1v) is 9.18. The van der Waals surface area contributed by atoms with E-state index in [1.165, 1.54) is 12.8 Å². The van der Waals surface area contributed by atoms with Gasteiger partial charge in [0.05, 0.1) is 4.90 Å². The summed E-state index contributed by atoms with van der Waals surface area (Å²) < 4.78 is 27.4. The molecule has 21 heavy (non-hydrogen) atoms. The van der Waals surface area contributed by atoms with Gasteiger partial charge in [-0.15, -0.1) is 0 Å². The molecule has 0 amide bonds. The molecular weight excluding hydrogens is 284 g/mol. The summed E-state index contributed by atoms with van der Waals surface area (Å²) in [5.74, 6) is 0. The summed E-state index contributed by atoms with van der Waals surface area (Å²) in [5, 5.41) is 0. The molecule has 1 aliphatic carbocycles. The van der Waals surface area contributed by atoms with Crippen LogP contribution in [-0.2, 0) is 16.6 Å². The van der Waals surface area contributed by atoms with Crippen molar-refractivity contribution in [3.63, 3.8) is 0 Å². The molecule has 0 radical (unpaired) electrons. The van der Waals surface area contributed by atoms with Gasteiger partial charge in [-0.2, -0.15) is 4.31 Å². The van der Waals surface area contributed by atoms with Crippen molar-refractivity contribution in [1.29, 1.82) is 0 Å². The molecule has 0 spiro atoms. The van der Waals surface area contributed by atoms with E-state index in [9.17, 15) is 8.42 Å². The van der Waals surface area contributed by atoms with Gasteiger partial charge in [0.1, 0.15) is 0 Å². The zero-order valence-electron chi connectivity index (χ0n) is 13.0. The van der Waals surface area contributed by atoms with E-state index in [0.717, 1.165) is 36.8 Å². The first-order chi connectivity index (χ1) is 9.96. The summed E-state index contributed by atoms with van der Waals surface area (Å²) >= 11 is 0. The Morgan fingerprint density at radius 1 is 1.19 bits per heavy atom. The third-order valence-electron chi connectivity index (χ3n) is 4.48. The fraction of sp³-hybridized carbons (Fsp3) is 0.625. The standard InChI is InChI=1S/C16H26N2O2S/c1-13-9-10-14(12-17)11-16(13)21(19,20)18(2)15-7-5-3-4-6-8-15/h9-11,15H,3-8,12,17H2,1-2H3. The molecule has 0 aliphatic heterocycles. The van der Waals surface area contributed by atoms with Crippen LogP contribution in [-0.4, -0.2) is 25.8 Å². The minimum atomic E-state index is -3.44. The van der Waals surface area contributed by atoms with Crippen molar-refractivity contribution in [3.05, 3.63) is 29.3 Å². The number of sulfonamides is 1. The second kappa shape index (κ2) is 6.90. The van der Waals surface area contributed by atoms with E-state index in [4.69, 9.17) is 5.73 Å². The van der Waals surface area contributed by atoms with Crippen LogP contribution in [0.2, 0.25) is 0 Å². The monoisotopic (exact) mass is 310 g/mol.